The van der Waals surface area contributed by atoms with Gasteiger partial charge in [0.1, 0.15) is 0 Å². The zero-order chi connectivity index (χ0) is 22.6. The summed E-state index contributed by atoms with van der Waals surface area (Å²) in [6, 6.07) is 14.6. The van der Waals surface area contributed by atoms with Crippen LogP contribution in [-0.4, -0.2) is 16.3 Å². The summed E-state index contributed by atoms with van der Waals surface area (Å²) in [6.07, 6.45) is 15.0. The second-order valence-electron chi connectivity index (χ2n) is 7.41. The van der Waals surface area contributed by atoms with Gasteiger partial charge in [-0.3, -0.25) is 15.0 Å². The minimum atomic E-state index is 0.597. The fourth-order valence-electron chi connectivity index (χ4n) is 3.27. The summed E-state index contributed by atoms with van der Waals surface area (Å²) < 4.78 is 3.20. The summed E-state index contributed by atoms with van der Waals surface area (Å²) in [5.74, 6) is 0.860. The third-order valence-electron chi connectivity index (χ3n) is 4.78. The van der Waals surface area contributed by atoms with Gasteiger partial charge in [-0.2, -0.15) is 0 Å². The number of allylic oxidation sites excluding steroid dienone is 6. The molecule has 0 aliphatic rings. The van der Waals surface area contributed by atoms with Gasteiger partial charge in [-0.15, -0.1) is 0 Å². The third kappa shape index (κ3) is 7.20. The van der Waals surface area contributed by atoms with Crippen molar-refractivity contribution in [3.8, 4) is 0 Å². The first kappa shape index (κ1) is 23.5. The molecule has 2 heterocycles. The summed E-state index contributed by atoms with van der Waals surface area (Å²) in [5.41, 5.74) is 6.70. The highest BCUT2D eigenvalue weighted by molar-refractivity contribution is 7.97. The Morgan fingerprint density at radius 3 is 2.78 bits per heavy atom. The van der Waals surface area contributed by atoms with E-state index in [2.05, 4.69) is 88.2 Å². The lowest BCUT2D eigenvalue weighted by Gasteiger charge is -2.05. The number of aliphatic imine (C=N–C) groups is 1. The quantitative estimate of drug-likeness (QED) is 0.122. The Morgan fingerprint density at radius 1 is 1.12 bits per heavy atom. The number of fused-ring (bicyclic) bond motifs is 1. The molecule has 0 fully saturated rings. The molecule has 0 saturated heterocycles. The summed E-state index contributed by atoms with van der Waals surface area (Å²) in [6.45, 7) is 6.89. The first-order valence-electron chi connectivity index (χ1n) is 10.9. The van der Waals surface area contributed by atoms with Crippen molar-refractivity contribution in [3.63, 3.8) is 0 Å². The maximum Gasteiger partial charge on any atom is 0.0927 e. The Balaban J connectivity index is 1.49. The predicted molar refractivity (Wildman–Crippen MR) is 139 cm³/mol. The van der Waals surface area contributed by atoms with E-state index in [0.29, 0.717) is 6.54 Å². The van der Waals surface area contributed by atoms with E-state index in [1.807, 2.05) is 31.5 Å². The molecular formula is C27H30N4S. The van der Waals surface area contributed by atoms with Gasteiger partial charge in [0.15, 0.2) is 0 Å². The van der Waals surface area contributed by atoms with Crippen LogP contribution in [0.3, 0.4) is 0 Å². The molecule has 4 nitrogen and oxygen atoms in total. The fraction of sp³-hybridized carbons (Fsp3) is 0.222. The van der Waals surface area contributed by atoms with E-state index in [-0.39, 0.29) is 0 Å². The number of hydrogen-bond acceptors (Lipinski definition) is 4. The predicted octanol–water partition coefficient (Wildman–Crippen LogP) is 6.91. The van der Waals surface area contributed by atoms with Crippen molar-refractivity contribution in [1.29, 1.82) is 0 Å². The van der Waals surface area contributed by atoms with E-state index < -0.39 is 0 Å². The molecule has 0 unspecified atom stereocenters. The lowest BCUT2D eigenvalue weighted by Crippen LogP contribution is -2.00. The molecule has 0 bridgehead atoms. The van der Waals surface area contributed by atoms with Gasteiger partial charge in [-0.25, -0.2) is 0 Å². The van der Waals surface area contributed by atoms with Crippen molar-refractivity contribution >= 4 is 34.8 Å². The van der Waals surface area contributed by atoms with Crippen molar-refractivity contribution in [2.45, 2.75) is 39.5 Å². The summed E-state index contributed by atoms with van der Waals surface area (Å²) in [5, 5.41) is 1.17. The van der Waals surface area contributed by atoms with Gasteiger partial charge < -0.3 is 4.72 Å². The highest BCUT2D eigenvalue weighted by atomic mass is 32.2. The van der Waals surface area contributed by atoms with E-state index in [0.717, 1.165) is 34.5 Å². The van der Waals surface area contributed by atoms with Crippen LogP contribution in [0.15, 0.2) is 89.7 Å². The Morgan fingerprint density at radius 2 is 2.00 bits per heavy atom. The molecule has 2 aromatic heterocycles. The Kier molecular flexibility index (Phi) is 9.26. The van der Waals surface area contributed by atoms with Gasteiger partial charge in [-0.1, -0.05) is 55.0 Å². The minimum absolute atomic E-state index is 0.597. The van der Waals surface area contributed by atoms with Gasteiger partial charge in [0.2, 0.25) is 0 Å². The van der Waals surface area contributed by atoms with Crippen LogP contribution in [0.25, 0.3) is 16.5 Å². The SMILES string of the molecule is C\C=C/C(=C\C(C)=C\CC)c1ccc(CN=CNSCc2ccc3ncccc3c2)cn1. The van der Waals surface area contributed by atoms with Gasteiger partial charge in [0, 0.05) is 29.1 Å². The van der Waals surface area contributed by atoms with Crippen molar-refractivity contribution < 1.29 is 0 Å². The molecule has 32 heavy (non-hydrogen) atoms. The second-order valence-corrected chi connectivity index (χ2v) is 8.23. The number of hydrogen-bond donors (Lipinski definition) is 1. The monoisotopic (exact) mass is 442 g/mol. The van der Waals surface area contributed by atoms with Gasteiger partial charge in [-0.05, 0) is 67.6 Å². The molecule has 1 N–H and O–H groups in total. The molecular weight excluding hydrogens is 412 g/mol. The van der Waals surface area contributed by atoms with Crippen LogP contribution in [0.2, 0.25) is 0 Å². The van der Waals surface area contributed by atoms with E-state index >= 15 is 0 Å². The lowest BCUT2D eigenvalue weighted by atomic mass is 10.1. The van der Waals surface area contributed by atoms with Gasteiger partial charge in [0.25, 0.3) is 0 Å². The molecule has 0 aliphatic carbocycles. The van der Waals surface area contributed by atoms with E-state index in [4.69, 9.17) is 0 Å². The molecule has 0 aliphatic heterocycles. The summed E-state index contributed by atoms with van der Waals surface area (Å²) in [4.78, 5) is 13.5. The second kappa shape index (κ2) is 12.6. The van der Waals surface area contributed by atoms with Crippen LogP contribution in [-0.2, 0) is 12.3 Å². The van der Waals surface area contributed by atoms with Crippen LogP contribution in [0, 0.1) is 0 Å². The van der Waals surface area contributed by atoms with E-state index in [1.54, 1.807) is 18.3 Å². The Hall–Kier alpha value is -3.18. The lowest BCUT2D eigenvalue weighted by molar-refractivity contribution is 1.04. The average Bonchev–Trinajstić information content (AvgIpc) is 2.81. The normalized spacial score (nSPS) is 12.8. The molecule has 164 valence electrons. The average molecular weight is 443 g/mol. The Labute approximate surface area is 195 Å². The largest absolute Gasteiger partial charge is 0.321 e. The van der Waals surface area contributed by atoms with Gasteiger partial charge in [0.05, 0.1) is 24.1 Å². The van der Waals surface area contributed by atoms with Crippen LogP contribution in [0.4, 0.5) is 0 Å². The molecule has 0 saturated carbocycles. The maximum atomic E-state index is 4.64. The van der Waals surface area contributed by atoms with Crippen LogP contribution in [0.5, 0.6) is 0 Å². The number of benzene rings is 1. The number of nitrogens with one attached hydrogen (secondary N) is 1. The highest BCUT2D eigenvalue weighted by Gasteiger charge is 2.01. The summed E-state index contributed by atoms with van der Waals surface area (Å²) in [7, 11) is 0. The van der Waals surface area contributed by atoms with Crippen molar-refractivity contribution in [3.05, 3.63) is 102 Å². The topological polar surface area (TPSA) is 50.2 Å². The molecule has 0 spiro atoms. The first-order chi connectivity index (χ1) is 15.7. The highest BCUT2D eigenvalue weighted by Crippen LogP contribution is 2.18. The molecule has 0 amide bonds. The van der Waals surface area contributed by atoms with Gasteiger partial charge >= 0.3 is 0 Å². The van der Waals surface area contributed by atoms with Crippen molar-refractivity contribution in [2.24, 2.45) is 4.99 Å². The Bertz CT molecular complexity index is 1130. The smallest absolute Gasteiger partial charge is 0.0927 e. The standard InChI is InChI=1S/C27H30N4S/c1-4-7-21(3)15-24(8-5-2)27-13-11-23(18-30-27)17-28-20-31-32-19-22-10-12-26-25(16-22)9-6-14-29-26/h5-16,18,20H,4,17,19H2,1-3H3,(H,28,31)/b8-5-,21-7+,24-15+. The number of aromatic nitrogens is 2. The van der Waals surface area contributed by atoms with Crippen LogP contribution in [0.1, 0.15) is 44.0 Å². The molecule has 1 aromatic carbocycles. The molecule has 3 aromatic rings. The molecule has 0 radical (unpaired) electrons. The van der Waals surface area contributed by atoms with E-state index in [9.17, 15) is 0 Å². The molecule has 3 rings (SSSR count). The molecule has 0 atom stereocenters. The zero-order valence-electron chi connectivity index (χ0n) is 19.0. The summed E-state index contributed by atoms with van der Waals surface area (Å²) >= 11 is 1.62. The number of nitrogens with zero attached hydrogens (tertiary/aromatic N) is 3. The van der Waals surface area contributed by atoms with Crippen LogP contribution < -0.4 is 4.72 Å². The van der Waals surface area contributed by atoms with Crippen molar-refractivity contribution in [2.75, 3.05) is 0 Å². The minimum Gasteiger partial charge on any atom is -0.321 e. The zero-order valence-corrected chi connectivity index (χ0v) is 19.8. The molecule has 5 heteroatoms. The number of rotatable bonds is 10. The van der Waals surface area contributed by atoms with E-state index in [1.165, 1.54) is 16.5 Å². The maximum absolute atomic E-state index is 4.64. The fourth-order valence-corrected chi connectivity index (χ4v) is 3.85. The number of pyridine rings is 2. The van der Waals surface area contributed by atoms with Crippen molar-refractivity contribution in [1.82, 2.24) is 14.7 Å². The first-order valence-corrected chi connectivity index (χ1v) is 11.8. The third-order valence-corrected chi connectivity index (χ3v) is 5.53. The van der Waals surface area contributed by atoms with Crippen LogP contribution >= 0.6 is 11.9 Å².